The molecule has 1 unspecified atom stereocenters. The minimum atomic E-state index is -1.20. The lowest BCUT2D eigenvalue weighted by molar-refractivity contribution is -0.161. The number of amides is 2. The van der Waals surface area contributed by atoms with Gasteiger partial charge >= 0.3 is 0 Å². The Balaban J connectivity index is 1.94. The highest BCUT2D eigenvalue weighted by atomic mass is 19.1. The first kappa shape index (κ1) is 15.2. The topological polar surface area (TPSA) is 81.9 Å². The predicted molar refractivity (Wildman–Crippen MR) is 72.0 cm³/mol. The van der Waals surface area contributed by atoms with Gasteiger partial charge in [-0.25, -0.2) is 4.39 Å². The minimum absolute atomic E-state index is 0.0109. The van der Waals surface area contributed by atoms with Crippen molar-refractivity contribution in [2.45, 2.75) is 12.5 Å². The molecule has 6 nitrogen and oxygen atoms in total. The van der Waals surface area contributed by atoms with E-state index in [1.807, 2.05) is 0 Å². The number of benzene rings is 1. The van der Waals surface area contributed by atoms with Gasteiger partial charge in [-0.05, 0) is 19.1 Å². The molecule has 1 aliphatic rings. The Hall–Kier alpha value is -2.15. The average Bonchev–Trinajstić information content (AvgIpc) is 2.46. The number of morpholine rings is 1. The number of nitrogens with two attached hydrogens (primary N) is 1. The molecule has 2 rings (SSSR count). The number of ether oxygens (including phenoxy) is 2. The Morgan fingerprint density at radius 3 is 2.86 bits per heavy atom. The number of carbonyl (C=O) groups is 2. The molecule has 0 bridgehead atoms. The highest BCUT2D eigenvalue weighted by molar-refractivity contribution is 5.85. The second-order valence-corrected chi connectivity index (χ2v) is 4.98. The number of rotatable bonds is 4. The summed E-state index contributed by atoms with van der Waals surface area (Å²) in [6.45, 7) is 1.83. The van der Waals surface area contributed by atoms with Crippen molar-refractivity contribution in [1.29, 1.82) is 0 Å². The van der Waals surface area contributed by atoms with E-state index in [0.717, 1.165) is 0 Å². The van der Waals surface area contributed by atoms with Gasteiger partial charge in [0.15, 0.2) is 23.8 Å². The summed E-state index contributed by atoms with van der Waals surface area (Å²) in [7, 11) is 0. The first-order valence-corrected chi connectivity index (χ1v) is 6.51. The summed E-state index contributed by atoms with van der Waals surface area (Å²) in [5.41, 5.74) is 4.06. The van der Waals surface area contributed by atoms with Crippen LogP contribution in [0.15, 0.2) is 24.3 Å². The van der Waals surface area contributed by atoms with E-state index in [2.05, 4.69) is 0 Å². The standard InChI is InChI=1S/C14H17FN2O4/c1-14(13(16)19)9-17(6-7-21-14)12(18)8-20-11-5-3-2-4-10(11)15/h2-5H,6-9H2,1H3,(H2,16,19). The Bertz CT molecular complexity index is 552. The highest BCUT2D eigenvalue weighted by Crippen LogP contribution is 2.18. The zero-order valence-electron chi connectivity index (χ0n) is 11.7. The molecule has 1 fully saturated rings. The average molecular weight is 296 g/mol. The first-order valence-electron chi connectivity index (χ1n) is 6.51. The van der Waals surface area contributed by atoms with Gasteiger partial charge in [0.25, 0.3) is 11.8 Å². The van der Waals surface area contributed by atoms with Gasteiger partial charge in [0.2, 0.25) is 0 Å². The summed E-state index contributed by atoms with van der Waals surface area (Å²) in [6, 6.07) is 5.83. The molecule has 21 heavy (non-hydrogen) atoms. The van der Waals surface area contributed by atoms with Crippen molar-refractivity contribution < 1.29 is 23.5 Å². The van der Waals surface area contributed by atoms with E-state index in [1.54, 1.807) is 6.07 Å². The van der Waals surface area contributed by atoms with E-state index in [0.29, 0.717) is 6.54 Å². The van der Waals surface area contributed by atoms with Gasteiger partial charge in [0, 0.05) is 6.54 Å². The van der Waals surface area contributed by atoms with Crippen LogP contribution in [0.1, 0.15) is 6.92 Å². The summed E-state index contributed by atoms with van der Waals surface area (Å²) >= 11 is 0. The van der Waals surface area contributed by atoms with Crippen LogP contribution >= 0.6 is 0 Å². The maximum absolute atomic E-state index is 13.4. The third-order valence-electron chi connectivity index (χ3n) is 3.34. The molecule has 0 spiro atoms. The highest BCUT2D eigenvalue weighted by Gasteiger charge is 2.39. The lowest BCUT2D eigenvalue weighted by atomic mass is 10.0. The van der Waals surface area contributed by atoms with Crippen molar-refractivity contribution in [3.8, 4) is 5.75 Å². The van der Waals surface area contributed by atoms with E-state index < -0.39 is 17.3 Å². The second kappa shape index (κ2) is 6.09. The number of hydrogen-bond acceptors (Lipinski definition) is 4. The van der Waals surface area contributed by atoms with Gasteiger partial charge in [-0.1, -0.05) is 12.1 Å². The molecule has 0 radical (unpaired) electrons. The van der Waals surface area contributed by atoms with Gasteiger partial charge in [0.05, 0.1) is 13.2 Å². The molecule has 2 N–H and O–H groups in total. The van der Waals surface area contributed by atoms with Gasteiger partial charge in [0.1, 0.15) is 0 Å². The molecule has 1 saturated heterocycles. The van der Waals surface area contributed by atoms with Crippen LogP contribution in [0.4, 0.5) is 4.39 Å². The van der Waals surface area contributed by atoms with Gasteiger partial charge < -0.3 is 20.1 Å². The zero-order chi connectivity index (χ0) is 15.5. The Morgan fingerprint density at radius 1 is 1.48 bits per heavy atom. The quantitative estimate of drug-likeness (QED) is 0.867. The summed E-state index contributed by atoms with van der Waals surface area (Å²) in [4.78, 5) is 24.8. The fourth-order valence-electron chi connectivity index (χ4n) is 2.02. The zero-order valence-corrected chi connectivity index (χ0v) is 11.7. The molecular formula is C14H17FN2O4. The van der Waals surface area contributed by atoms with E-state index in [1.165, 1.54) is 30.0 Å². The van der Waals surface area contributed by atoms with Crippen molar-refractivity contribution >= 4 is 11.8 Å². The molecule has 1 atom stereocenters. The third-order valence-corrected chi connectivity index (χ3v) is 3.34. The molecule has 2 amide bonds. The molecular weight excluding hydrogens is 279 g/mol. The molecule has 0 aliphatic carbocycles. The van der Waals surface area contributed by atoms with Crippen LogP contribution in [0, 0.1) is 5.82 Å². The van der Waals surface area contributed by atoms with Crippen molar-refractivity contribution in [3.05, 3.63) is 30.1 Å². The summed E-state index contributed by atoms with van der Waals surface area (Å²) in [5, 5.41) is 0. The number of para-hydroxylation sites is 1. The Kier molecular flexibility index (Phi) is 4.42. The normalized spacial score (nSPS) is 21.9. The fourth-order valence-corrected chi connectivity index (χ4v) is 2.02. The lowest BCUT2D eigenvalue weighted by Crippen LogP contribution is -2.58. The monoisotopic (exact) mass is 296 g/mol. The van der Waals surface area contributed by atoms with Crippen LogP contribution in [0.2, 0.25) is 0 Å². The van der Waals surface area contributed by atoms with Crippen LogP contribution in [0.5, 0.6) is 5.75 Å². The molecule has 1 heterocycles. The van der Waals surface area contributed by atoms with E-state index in [4.69, 9.17) is 15.2 Å². The molecule has 0 aromatic heterocycles. The van der Waals surface area contributed by atoms with Gasteiger partial charge in [-0.3, -0.25) is 9.59 Å². The number of nitrogens with zero attached hydrogens (tertiary/aromatic N) is 1. The molecule has 7 heteroatoms. The minimum Gasteiger partial charge on any atom is -0.481 e. The second-order valence-electron chi connectivity index (χ2n) is 4.98. The van der Waals surface area contributed by atoms with Crippen LogP contribution in [0.25, 0.3) is 0 Å². The molecule has 114 valence electrons. The van der Waals surface area contributed by atoms with Gasteiger partial charge in [-0.2, -0.15) is 0 Å². The summed E-state index contributed by atoms with van der Waals surface area (Å²) in [5.74, 6) is -1.50. The number of hydrogen-bond donors (Lipinski definition) is 1. The van der Waals surface area contributed by atoms with Crippen molar-refractivity contribution in [2.24, 2.45) is 5.73 Å². The maximum Gasteiger partial charge on any atom is 0.260 e. The van der Waals surface area contributed by atoms with E-state index >= 15 is 0 Å². The smallest absolute Gasteiger partial charge is 0.260 e. The van der Waals surface area contributed by atoms with Crippen molar-refractivity contribution in [2.75, 3.05) is 26.3 Å². The van der Waals surface area contributed by atoms with Crippen molar-refractivity contribution in [1.82, 2.24) is 4.90 Å². The van der Waals surface area contributed by atoms with E-state index in [-0.39, 0.29) is 31.4 Å². The van der Waals surface area contributed by atoms with Gasteiger partial charge in [-0.15, -0.1) is 0 Å². The molecule has 1 aliphatic heterocycles. The molecule has 0 saturated carbocycles. The SMILES string of the molecule is CC1(C(N)=O)CN(C(=O)COc2ccccc2F)CCO1. The predicted octanol–water partition coefficient (Wildman–Crippen LogP) is 0.307. The van der Waals surface area contributed by atoms with Crippen LogP contribution in [-0.2, 0) is 14.3 Å². The van der Waals surface area contributed by atoms with Crippen molar-refractivity contribution in [3.63, 3.8) is 0 Å². The molecule has 1 aromatic rings. The molecule has 1 aromatic carbocycles. The lowest BCUT2D eigenvalue weighted by Gasteiger charge is -2.38. The van der Waals surface area contributed by atoms with Crippen LogP contribution < -0.4 is 10.5 Å². The first-order chi connectivity index (χ1) is 9.92. The Morgan fingerprint density at radius 2 is 2.19 bits per heavy atom. The third kappa shape index (κ3) is 3.49. The summed E-state index contributed by atoms with van der Waals surface area (Å²) < 4.78 is 23.9. The summed E-state index contributed by atoms with van der Waals surface area (Å²) in [6.07, 6.45) is 0. The maximum atomic E-state index is 13.4. The van der Waals surface area contributed by atoms with Crippen LogP contribution in [0.3, 0.4) is 0 Å². The number of primary amides is 1. The number of carbonyl (C=O) groups excluding carboxylic acids is 2. The van der Waals surface area contributed by atoms with Crippen LogP contribution in [-0.4, -0.2) is 48.6 Å². The fraction of sp³-hybridized carbons (Fsp3) is 0.429. The van der Waals surface area contributed by atoms with E-state index in [9.17, 15) is 14.0 Å². The largest absolute Gasteiger partial charge is 0.481 e. The Labute approximate surface area is 121 Å². The number of halogens is 1.